The highest BCUT2D eigenvalue weighted by atomic mass is 16.2. The van der Waals surface area contributed by atoms with Crippen LogP contribution < -0.4 is 10.2 Å². The van der Waals surface area contributed by atoms with Gasteiger partial charge in [0.05, 0.1) is 12.1 Å². The fourth-order valence-electron chi connectivity index (χ4n) is 2.60. The number of nitrogens with zero attached hydrogens (tertiary/aromatic N) is 3. The van der Waals surface area contributed by atoms with Crippen molar-refractivity contribution in [1.29, 1.82) is 0 Å². The van der Waals surface area contributed by atoms with Crippen LogP contribution in [0, 0.1) is 0 Å². The van der Waals surface area contributed by atoms with Crippen LogP contribution in [-0.2, 0) is 4.79 Å². The molecule has 2 aromatic carbocycles. The van der Waals surface area contributed by atoms with Crippen molar-refractivity contribution in [3.05, 3.63) is 60.4 Å². The van der Waals surface area contributed by atoms with E-state index in [1.54, 1.807) is 36.2 Å². The van der Waals surface area contributed by atoms with E-state index in [2.05, 4.69) is 15.3 Å². The number of hydrogen-bond acceptors (Lipinski definition) is 5. The molecule has 0 aliphatic heterocycles. The molecule has 0 radical (unpaired) electrons. The first kappa shape index (κ1) is 16.6. The monoisotopic (exact) mass is 334 g/mol. The molecular weight excluding hydrogens is 316 g/mol. The fraction of sp³-hybridized carbons (Fsp3) is 0.158. The first-order valence-electron chi connectivity index (χ1n) is 7.86. The maximum absolute atomic E-state index is 12.3. The molecule has 0 aliphatic rings. The molecule has 3 rings (SSSR count). The van der Waals surface area contributed by atoms with E-state index >= 15 is 0 Å². The molecule has 1 N–H and O–H groups in total. The third-order valence-electron chi connectivity index (χ3n) is 3.82. The van der Waals surface area contributed by atoms with Crippen LogP contribution in [-0.4, -0.2) is 35.3 Å². The molecule has 0 saturated carbocycles. The topological polar surface area (TPSA) is 75.2 Å². The number of Topliss-reactive ketones (excluding diaryl/α,β-unsaturated/α-hetero) is 1. The highest BCUT2D eigenvalue weighted by Crippen LogP contribution is 2.21. The number of fused-ring (bicyclic) bond motifs is 1. The second-order valence-corrected chi connectivity index (χ2v) is 5.76. The minimum Gasteiger partial charge on any atom is -0.350 e. The van der Waals surface area contributed by atoms with Crippen molar-refractivity contribution in [1.82, 2.24) is 9.97 Å². The van der Waals surface area contributed by atoms with E-state index in [0.29, 0.717) is 17.1 Å². The van der Waals surface area contributed by atoms with Gasteiger partial charge < -0.3 is 10.2 Å². The zero-order valence-electron chi connectivity index (χ0n) is 14.1. The Bertz CT molecular complexity index is 934. The van der Waals surface area contributed by atoms with E-state index in [-0.39, 0.29) is 18.2 Å². The number of hydrogen-bond donors (Lipinski definition) is 1. The molecule has 6 nitrogen and oxygen atoms in total. The van der Waals surface area contributed by atoms with Gasteiger partial charge in [0.25, 0.3) is 0 Å². The zero-order valence-corrected chi connectivity index (χ0v) is 14.1. The SMILES string of the molecule is CC(=O)c1cccc(NC(=O)CN(C)c2ncnc3ccccc23)c1. The molecule has 1 heterocycles. The van der Waals surface area contributed by atoms with Gasteiger partial charge in [0, 0.05) is 23.7 Å². The van der Waals surface area contributed by atoms with Crippen LogP contribution >= 0.6 is 0 Å². The summed E-state index contributed by atoms with van der Waals surface area (Å²) in [7, 11) is 1.81. The average Bonchev–Trinajstić information content (AvgIpc) is 2.61. The van der Waals surface area contributed by atoms with Gasteiger partial charge in [-0.25, -0.2) is 9.97 Å². The van der Waals surface area contributed by atoms with E-state index in [1.807, 2.05) is 24.3 Å². The summed E-state index contributed by atoms with van der Waals surface area (Å²) in [5, 5.41) is 3.70. The molecule has 0 aliphatic carbocycles. The summed E-state index contributed by atoms with van der Waals surface area (Å²) in [6.07, 6.45) is 1.49. The third-order valence-corrected chi connectivity index (χ3v) is 3.82. The Morgan fingerprint density at radius 1 is 1.08 bits per heavy atom. The molecule has 25 heavy (non-hydrogen) atoms. The molecule has 0 bridgehead atoms. The number of carbonyl (C=O) groups is 2. The smallest absolute Gasteiger partial charge is 0.243 e. The second-order valence-electron chi connectivity index (χ2n) is 5.76. The van der Waals surface area contributed by atoms with E-state index in [9.17, 15) is 9.59 Å². The van der Waals surface area contributed by atoms with Crippen molar-refractivity contribution >= 4 is 34.1 Å². The van der Waals surface area contributed by atoms with Crippen LogP contribution in [0.2, 0.25) is 0 Å². The van der Waals surface area contributed by atoms with Gasteiger partial charge in [-0.3, -0.25) is 9.59 Å². The van der Waals surface area contributed by atoms with Crippen LogP contribution in [0.4, 0.5) is 11.5 Å². The number of ketones is 1. The standard InChI is InChI=1S/C19H18N4O2/c1-13(24)14-6-5-7-15(10-14)22-18(25)11-23(2)19-16-8-3-4-9-17(16)20-12-21-19/h3-10,12H,11H2,1-2H3,(H,22,25). The molecule has 0 fully saturated rings. The third kappa shape index (κ3) is 3.80. The largest absolute Gasteiger partial charge is 0.350 e. The highest BCUT2D eigenvalue weighted by molar-refractivity contribution is 5.99. The number of likely N-dealkylation sites (N-methyl/N-ethyl adjacent to an activating group) is 1. The van der Waals surface area contributed by atoms with Gasteiger partial charge in [-0.05, 0) is 31.2 Å². The van der Waals surface area contributed by atoms with Gasteiger partial charge >= 0.3 is 0 Å². The van der Waals surface area contributed by atoms with Crippen LogP contribution in [0.15, 0.2) is 54.9 Å². The van der Waals surface area contributed by atoms with Crippen molar-refractivity contribution in [2.45, 2.75) is 6.92 Å². The molecule has 0 atom stereocenters. The summed E-state index contributed by atoms with van der Waals surface area (Å²) < 4.78 is 0. The summed E-state index contributed by atoms with van der Waals surface area (Å²) in [5.41, 5.74) is 1.99. The summed E-state index contributed by atoms with van der Waals surface area (Å²) >= 11 is 0. The summed E-state index contributed by atoms with van der Waals surface area (Å²) in [6.45, 7) is 1.63. The summed E-state index contributed by atoms with van der Waals surface area (Å²) in [6, 6.07) is 14.5. The molecule has 126 valence electrons. The maximum Gasteiger partial charge on any atom is 0.243 e. The molecule has 3 aromatic rings. The van der Waals surface area contributed by atoms with E-state index < -0.39 is 0 Å². The Balaban J connectivity index is 1.74. The molecule has 0 spiro atoms. The lowest BCUT2D eigenvalue weighted by atomic mass is 10.1. The zero-order chi connectivity index (χ0) is 17.8. The van der Waals surface area contributed by atoms with Gasteiger partial charge in [0.1, 0.15) is 12.1 Å². The van der Waals surface area contributed by atoms with Crippen molar-refractivity contribution in [3.63, 3.8) is 0 Å². The number of anilines is 2. The van der Waals surface area contributed by atoms with Gasteiger partial charge in [0.15, 0.2) is 5.78 Å². The average molecular weight is 334 g/mol. The fourth-order valence-corrected chi connectivity index (χ4v) is 2.60. The Morgan fingerprint density at radius 3 is 2.68 bits per heavy atom. The van der Waals surface area contributed by atoms with Crippen molar-refractivity contribution in [2.24, 2.45) is 0 Å². The lowest BCUT2D eigenvalue weighted by molar-refractivity contribution is -0.114. The maximum atomic E-state index is 12.3. The van der Waals surface area contributed by atoms with Crippen molar-refractivity contribution < 1.29 is 9.59 Å². The minimum atomic E-state index is -0.189. The highest BCUT2D eigenvalue weighted by Gasteiger charge is 2.12. The van der Waals surface area contributed by atoms with Gasteiger partial charge in [-0.1, -0.05) is 24.3 Å². The quantitative estimate of drug-likeness (QED) is 0.726. The first-order valence-corrected chi connectivity index (χ1v) is 7.86. The van der Waals surface area contributed by atoms with Crippen molar-refractivity contribution in [3.8, 4) is 0 Å². The molecule has 1 aromatic heterocycles. The number of carbonyl (C=O) groups excluding carboxylic acids is 2. The van der Waals surface area contributed by atoms with Crippen LogP contribution in [0.25, 0.3) is 10.9 Å². The summed E-state index contributed by atoms with van der Waals surface area (Å²) in [4.78, 5) is 34.1. The number of amides is 1. The number of nitrogens with one attached hydrogen (secondary N) is 1. The predicted molar refractivity (Wildman–Crippen MR) is 97.9 cm³/mol. The Kier molecular flexibility index (Phi) is 4.70. The Labute approximate surface area is 145 Å². The number of aromatic nitrogens is 2. The van der Waals surface area contributed by atoms with Gasteiger partial charge in [-0.15, -0.1) is 0 Å². The van der Waals surface area contributed by atoms with Crippen LogP contribution in [0.3, 0.4) is 0 Å². The Morgan fingerprint density at radius 2 is 1.88 bits per heavy atom. The first-order chi connectivity index (χ1) is 12.0. The molecule has 0 saturated heterocycles. The van der Waals surface area contributed by atoms with Crippen LogP contribution in [0.5, 0.6) is 0 Å². The molecule has 0 unspecified atom stereocenters. The lowest BCUT2D eigenvalue weighted by Gasteiger charge is -2.19. The van der Waals surface area contributed by atoms with Crippen LogP contribution in [0.1, 0.15) is 17.3 Å². The number of para-hydroxylation sites is 1. The second kappa shape index (κ2) is 7.09. The molecule has 6 heteroatoms. The van der Waals surface area contributed by atoms with Gasteiger partial charge in [0.2, 0.25) is 5.91 Å². The van der Waals surface area contributed by atoms with Crippen molar-refractivity contribution in [2.75, 3.05) is 23.8 Å². The predicted octanol–water partition coefficient (Wildman–Crippen LogP) is 2.91. The minimum absolute atomic E-state index is 0.0410. The van der Waals surface area contributed by atoms with Gasteiger partial charge in [-0.2, -0.15) is 0 Å². The van der Waals surface area contributed by atoms with E-state index in [4.69, 9.17) is 0 Å². The lowest BCUT2D eigenvalue weighted by Crippen LogP contribution is -2.30. The normalized spacial score (nSPS) is 10.5. The summed E-state index contributed by atoms with van der Waals surface area (Å²) in [5.74, 6) is 0.463. The Hall–Kier alpha value is -3.28. The number of benzene rings is 2. The van der Waals surface area contributed by atoms with E-state index in [1.165, 1.54) is 13.3 Å². The molecular formula is C19H18N4O2. The number of rotatable bonds is 5. The molecule has 1 amide bonds. The van der Waals surface area contributed by atoms with E-state index in [0.717, 1.165) is 10.9 Å².